The van der Waals surface area contributed by atoms with Gasteiger partial charge in [-0.15, -0.1) is 0 Å². The first-order valence-corrected chi connectivity index (χ1v) is 7.80. The molecular weight excluding hydrogens is 248 g/mol. The summed E-state index contributed by atoms with van der Waals surface area (Å²) in [6, 6.07) is 8.54. The number of nitrogens with one attached hydrogen (secondary N) is 1. The topological polar surface area (TPSA) is 32.3 Å². The van der Waals surface area contributed by atoms with Crippen LogP contribution in [-0.2, 0) is 17.8 Å². The highest BCUT2D eigenvalue weighted by Gasteiger charge is 2.37. The molecule has 0 aliphatic carbocycles. The zero-order valence-electron chi connectivity index (χ0n) is 12.3. The summed E-state index contributed by atoms with van der Waals surface area (Å²) in [4.78, 5) is 15.0. The van der Waals surface area contributed by atoms with Crippen molar-refractivity contribution in [3.05, 3.63) is 35.4 Å². The fraction of sp³-hybridized carbons (Fsp3) is 0.588. The summed E-state index contributed by atoms with van der Waals surface area (Å²) >= 11 is 0. The van der Waals surface area contributed by atoms with Crippen LogP contribution in [0.3, 0.4) is 0 Å². The molecule has 1 aromatic carbocycles. The number of hydrogen-bond donors (Lipinski definition) is 1. The molecule has 2 aliphatic rings. The molecule has 1 saturated heterocycles. The first kappa shape index (κ1) is 13.6. The van der Waals surface area contributed by atoms with Crippen LogP contribution in [0.5, 0.6) is 0 Å². The third kappa shape index (κ3) is 2.59. The van der Waals surface area contributed by atoms with Crippen molar-refractivity contribution in [1.29, 1.82) is 0 Å². The number of rotatable bonds is 1. The van der Waals surface area contributed by atoms with Crippen LogP contribution in [0, 0.1) is 0 Å². The lowest BCUT2D eigenvalue weighted by atomic mass is 9.89. The molecular formula is C17H24N2O. The van der Waals surface area contributed by atoms with Gasteiger partial charge in [-0.1, -0.05) is 24.3 Å². The van der Waals surface area contributed by atoms with Crippen molar-refractivity contribution < 1.29 is 4.79 Å². The second-order valence-electron chi connectivity index (χ2n) is 6.31. The zero-order valence-corrected chi connectivity index (χ0v) is 12.3. The molecule has 2 aliphatic heterocycles. The Morgan fingerprint density at radius 1 is 1.20 bits per heavy atom. The molecule has 1 unspecified atom stereocenters. The van der Waals surface area contributed by atoms with Crippen LogP contribution in [0.4, 0.5) is 0 Å². The van der Waals surface area contributed by atoms with Gasteiger partial charge < -0.3 is 10.2 Å². The van der Waals surface area contributed by atoms with E-state index in [9.17, 15) is 4.79 Å². The number of piperidine rings is 1. The molecule has 0 bridgehead atoms. The van der Waals surface area contributed by atoms with E-state index in [1.807, 2.05) is 0 Å². The van der Waals surface area contributed by atoms with Gasteiger partial charge in [-0.3, -0.25) is 4.79 Å². The SMILES string of the molecule is CC1(C(=O)N2CCCc3ccccc3C2)CCCCN1. The maximum Gasteiger partial charge on any atom is 0.242 e. The van der Waals surface area contributed by atoms with E-state index in [2.05, 4.69) is 41.4 Å². The van der Waals surface area contributed by atoms with Crippen molar-refractivity contribution in [1.82, 2.24) is 10.2 Å². The van der Waals surface area contributed by atoms with Crippen molar-refractivity contribution in [2.75, 3.05) is 13.1 Å². The maximum absolute atomic E-state index is 12.9. The second-order valence-corrected chi connectivity index (χ2v) is 6.31. The number of fused-ring (bicyclic) bond motifs is 1. The summed E-state index contributed by atoms with van der Waals surface area (Å²) in [6.45, 7) is 4.69. The minimum atomic E-state index is -0.350. The summed E-state index contributed by atoms with van der Waals surface area (Å²) in [7, 11) is 0. The van der Waals surface area contributed by atoms with Gasteiger partial charge in [-0.2, -0.15) is 0 Å². The summed E-state index contributed by atoms with van der Waals surface area (Å²) in [5.41, 5.74) is 2.37. The minimum absolute atomic E-state index is 0.286. The van der Waals surface area contributed by atoms with Crippen LogP contribution in [0.2, 0.25) is 0 Å². The molecule has 3 heteroatoms. The maximum atomic E-state index is 12.9. The second kappa shape index (κ2) is 5.57. The van der Waals surface area contributed by atoms with Crippen molar-refractivity contribution in [3.63, 3.8) is 0 Å². The summed E-state index contributed by atoms with van der Waals surface area (Å²) in [6.07, 6.45) is 5.46. The summed E-state index contributed by atoms with van der Waals surface area (Å²) in [5, 5.41) is 3.45. The summed E-state index contributed by atoms with van der Waals surface area (Å²) < 4.78 is 0. The van der Waals surface area contributed by atoms with Gasteiger partial charge in [0.25, 0.3) is 0 Å². The monoisotopic (exact) mass is 272 g/mol. The molecule has 0 aromatic heterocycles. The van der Waals surface area contributed by atoms with Crippen molar-refractivity contribution in [3.8, 4) is 0 Å². The van der Waals surface area contributed by atoms with Crippen molar-refractivity contribution >= 4 is 5.91 Å². The van der Waals surface area contributed by atoms with Crippen LogP contribution < -0.4 is 5.32 Å². The normalized spacial score (nSPS) is 26.8. The van der Waals surface area contributed by atoms with E-state index in [1.165, 1.54) is 17.5 Å². The van der Waals surface area contributed by atoms with Gasteiger partial charge in [-0.05, 0) is 56.7 Å². The molecule has 1 atom stereocenters. The van der Waals surface area contributed by atoms with E-state index in [1.54, 1.807) is 0 Å². The van der Waals surface area contributed by atoms with Gasteiger partial charge >= 0.3 is 0 Å². The Balaban J connectivity index is 1.78. The number of nitrogens with zero attached hydrogens (tertiary/aromatic N) is 1. The van der Waals surface area contributed by atoms with Gasteiger partial charge in [-0.25, -0.2) is 0 Å². The number of hydrogen-bond acceptors (Lipinski definition) is 2. The van der Waals surface area contributed by atoms with Gasteiger partial charge in [0, 0.05) is 13.1 Å². The largest absolute Gasteiger partial charge is 0.337 e. The predicted octanol–water partition coefficient (Wildman–Crippen LogP) is 2.49. The molecule has 3 nitrogen and oxygen atoms in total. The Morgan fingerprint density at radius 3 is 2.75 bits per heavy atom. The van der Waals surface area contributed by atoms with Gasteiger partial charge in [0.15, 0.2) is 0 Å². The third-order valence-corrected chi connectivity index (χ3v) is 4.73. The van der Waals surface area contributed by atoms with E-state index in [0.717, 1.165) is 45.3 Å². The molecule has 108 valence electrons. The first-order chi connectivity index (χ1) is 9.69. The van der Waals surface area contributed by atoms with E-state index < -0.39 is 0 Å². The molecule has 0 saturated carbocycles. The quantitative estimate of drug-likeness (QED) is 0.852. The number of carbonyl (C=O) groups excluding carboxylic acids is 1. The van der Waals surface area contributed by atoms with Crippen LogP contribution >= 0.6 is 0 Å². The van der Waals surface area contributed by atoms with Crippen molar-refractivity contribution in [2.45, 2.75) is 51.1 Å². The molecule has 1 aromatic rings. The molecule has 2 heterocycles. The average Bonchev–Trinajstić information content (AvgIpc) is 2.69. The minimum Gasteiger partial charge on any atom is -0.337 e. The lowest BCUT2D eigenvalue weighted by molar-refractivity contribution is -0.139. The van der Waals surface area contributed by atoms with Crippen LogP contribution in [0.15, 0.2) is 24.3 Å². The van der Waals surface area contributed by atoms with E-state index >= 15 is 0 Å². The molecule has 0 spiro atoms. The molecule has 1 N–H and O–H groups in total. The standard InChI is InChI=1S/C17H24N2O/c1-17(10-4-5-11-18-17)16(20)19-12-6-9-14-7-2-3-8-15(14)13-19/h2-3,7-8,18H,4-6,9-13H2,1H3. The lowest BCUT2D eigenvalue weighted by Crippen LogP contribution is -2.57. The van der Waals surface area contributed by atoms with Crippen LogP contribution in [0.1, 0.15) is 43.7 Å². The lowest BCUT2D eigenvalue weighted by Gasteiger charge is -2.37. The fourth-order valence-electron chi connectivity index (χ4n) is 3.46. The summed E-state index contributed by atoms with van der Waals surface area (Å²) in [5.74, 6) is 0.286. The molecule has 0 radical (unpaired) electrons. The Bertz CT molecular complexity index is 492. The average molecular weight is 272 g/mol. The van der Waals surface area contributed by atoms with E-state index in [0.29, 0.717) is 0 Å². The smallest absolute Gasteiger partial charge is 0.242 e. The van der Waals surface area contributed by atoms with Crippen molar-refractivity contribution in [2.24, 2.45) is 0 Å². The fourth-order valence-corrected chi connectivity index (χ4v) is 3.46. The third-order valence-electron chi connectivity index (χ3n) is 4.73. The Labute approximate surface area is 121 Å². The van der Waals surface area contributed by atoms with E-state index in [-0.39, 0.29) is 11.4 Å². The number of carbonyl (C=O) groups is 1. The predicted molar refractivity (Wildman–Crippen MR) is 80.4 cm³/mol. The molecule has 1 amide bonds. The Hall–Kier alpha value is -1.35. The Kier molecular flexibility index (Phi) is 3.79. The number of aryl methyl sites for hydroxylation is 1. The van der Waals surface area contributed by atoms with Crippen LogP contribution in [-0.4, -0.2) is 29.4 Å². The van der Waals surface area contributed by atoms with E-state index in [4.69, 9.17) is 0 Å². The molecule has 3 rings (SSSR count). The highest BCUT2D eigenvalue weighted by Crippen LogP contribution is 2.25. The zero-order chi connectivity index (χ0) is 14.0. The number of benzene rings is 1. The van der Waals surface area contributed by atoms with Gasteiger partial charge in [0.2, 0.25) is 5.91 Å². The first-order valence-electron chi connectivity index (χ1n) is 7.80. The van der Waals surface area contributed by atoms with Gasteiger partial charge in [0.05, 0.1) is 5.54 Å². The highest BCUT2D eigenvalue weighted by atomic mass is 16.2. The highest BCUT2D eigenvalue weighted by molar-refractivity contribution is 5.86. The Morgan fingerprint density at radius 2 is 2.00 bits per heavy atom. The molecule has 1 fully saturated rings. The molecule has 20 heavy (non-hydrogen) atoms. The van der Waals surface area contributed by atoms with Gasteiger partial charge in [0.1, 0.15) is 0 Å². The number of amides is 1. The van der Waals surface area contributed by atoms with Crippen LogP contribution in [0.25, 0.3) is 0 Å².